The fourth-order valence-corrected chi connectivity index (χ4v) is 3.76. The van der Waals surface area contributed by atoms with Crippen molar-refractivity contribution in [3.63, 3.8) is 0 Å². The molecule has 1 heterocycles. The molecule has 0 atom stereocenters. The number of thioether (sulfide) groups is 1. The molecule has 9 heteroatoms. The van der Waals surface area contributed by atoms with Crippen LogP contribution in [0.1, 0.15) is 32.2 Å². The number of nitrogens with zero attached hydrogens (tertiary/aromatic N) is 3. The van der Waals surface area contributed by atoms with E-state index in [9.17, 15) is 23.1 Å². The molecule has 1 aromatic heterocycles. The molecule has 0 amide bonds. The van der Waals surface area contributed by atoms with Crippen molar-refractivity contribution in [2.45, 2.75) is 43.3 Å². The predicted octanol–water partition coefficient (Wildman–Crippen LogP) is 4.96. The number of aryl methyl sites for hydroxylation is 1. The lowest BCUT2D eigenvalue weighted by atomic mass is 10.0. The second-order valence-electron chi connectivity index (χ2n) is 6.70. The highest BCUT2D eigenvalue weighted by Crippen LogP contribution is 2.39. The Kier molecular flexibility index (Phi) is 5.14. The van der Waals surface area contributed by atoms with Crippen LogP contribution in [0.3, 0.4) is 0 Å². The number of fused-ring (bicyclic) bond motifs is 1. The number of carboxylic acid groups (broad SMARTS) is 1. The lowest BCUT2D eigenvalue weighted by Crippen LogP contribution is -2.27. The molecule has 0 fully saturated rings. The molecule has 0 spiro atoms. The van der Waals surface area contributed by atoms with Crippen molar-refractivity contribution in [3.8, 4) is 5.69 Å². The average Bonchev–Trinajstić information content (AvgIpc) is 3.03. The number of hydrogen-bond donors (Lipinski definition) is 1. The fourth-order valence-electron chi connectivity index (χ4n) is 2.86. The number of carboxylic acids is 1. The number of aromatic nitrogens is 3. The molecule has 28 heavy (non-hydrogen) atoms. The van der Waals surface area contributed by atoms with Gasteiger partial charge in [-0.05, 0) is 37.3 Å². The van der Waals surface area contributed by atoms with E-state index in [2.05, 4.69) is 10.2 Å². The third-order valence-corrected chi connectivity index (χ3v) is 5.49. The van der Waals surface area contributed by atoms with Gasteiger partial charge in [-0.25, -0.2) is 0 Å². The van der Waals surface area contributed by atoms with Gasteiger partial charge in [0, 0.05) is 5.39 Å². The molecule has 148 valence electrons. The van der Waals surface area contributed by atoms with E-state index in [-0.39, 0.29) is 10.8 Å². The Hall–Kier alpha value is -2.55. The van der Waals surface area contributed by atoms with Crippen LogP contribution in [-0.2, 0) is 17.4 Å². The van der Waals surface area contributed by atoms with E-state index < -0.39 is 22.7 Å². The van der Waals surface area contributed by atoms with Crippen LogP contribution in [0.5, 0.6) is 0 Å². The number of carbonyl (C=O) groups is 1. The van der Waals surface area contributed by atoms with Crippen molar-refractivity contribution in [1.82, 2.24) is 14.8 Å². The largest absolute Gasteiger partial charge is 0.480 e. The van der Waals surface area contributed by atoms with Crippen LogP contribution in [0.4, 0.5) is 13.2 Å². The molecule has 0 radical (unpaired) electrons. The van der Waals surface area contributed by atoms with Crippen LogP contribution < -0.4 is 0 Å². The van der Waals surface area contributed by atoms with Crippen molar-refractivity contribution >= 4 is 28.5 Å². The first kappa shape index (κ1) is 20.2. The highest BCUT2D eigenvalue weighted by atomic mass is 32.2. The van der Waals surface area contributed by atoms with E-state index >= 15 is 0 Å². The first-order chi connectivity index (χ1) is 13.1. The maximum Gasteiger partial charge on any atom is 0.452 e. The molecule has 3 rings (SSSR count). The molecule has 0 saturated carbocycles. The van der Waals surface area contributed by atoms with Crippen LogP contribution in [0.15, 0.2) is 41.6 Å². The van der Waals surface area contributed by atoms with Crippen LogP contribution >= 0.6 is 11.8 Å². The topological polar surface area (TPSA) is 68.0 Å². The lowest BCUT2D eigenvalue weighted by molar-refractivity contribution is -0.146. The van der Waals surface area contributed by atoms with Gasteiger partial charge in [0.25, 0.3) is 0 Å². The smallest absolute Gasteiger partial charge is 0.452 e. The molecule has 0 bridgehead atoms. The fraction of sp³-hybridized carbons (Fsp3) is 0.316. The van der Waals surface area contributed by atoms with Gasteiger partial charge in [0.15, 0.2) is 5.16 Å². The molecule has 3 aromatic rings. The van der Waals surface area contributed by atoms with Gasteiger partial charge in [-0.1, -0.05) is 49.0 Å². The highest BCUT2D eigenvalue weighted by molar-refractivity contribution is 8.01. The summed E-state index contributed by atoms with van der Waals surface area (Å²) in [7, 11) is 0. The van der Waals surface area contributed by atoms with Gasteiger partial charge in [0.1, 0.15) is 4.75 Å². The Morgan fingerprint density at radius 2 is 1.75 bits per heavy atom. The highest BCUT2D eigenvalue weighted by Gasteiger charge is 2.41. The van der Waals surface area contributed by atoms with Gasteiger partial charge in [0.2, 0.25) is 5.82 Å². The molecule has 1 N–H and O–H groups in total. The van der Waals surface area contributed by atoms with Gasteiger partial charge in [-0.2, -0.15) is 13.2 Å². The van der Waals surface area contributed by atoms with Crippen molar-refractivity contribution in [2.24, 2.45) is 0 Å². The van der Waals surface area contributed by atoms with Crippen LogP contribution in [0.2, 0.25) is 0 Å². The Morgan fingerprint density at radius 1 is 1.11 bits per heavy atom. The lowest BCUT2D eigenvalue weighted by Gasteiger charge is -2.20. The number of alkyl halides is 3. The molecule has 0 aliphatic carbocycles. The maximum absolute atomic E-state index is 13.6. The first-order valence-corrected chi connectivity index (χ1v) is 9.34. The second-order valence-corrected chi connectivity index (χ2v) is 8.29. The van der Waals surface area contributed by atoms with Gasteiger partial charge >= 0.3 is 12.1 Å². The first-order valence-electron chi connectivity index (χ1n) is 8.52. The Labute approximate surface area is 163 Å². The van der Waals surface area contributed by atoms with Gasteiger partial charge in [-0.15, -0.1) is 10.2 Å². The average molecular weight is 409 g/mol. The molecular weight excluding hydrogens is 391 g/mol. The normalized spacial score (nSPS) is 12.5. The third-order valence-electron chi connectivity index (χ3n) is 4.36. The minimum atomic E-state index is -4.75. The standard InChI is InChI=1S/C19H18F3N3O2S/c1-4-11-9-10-14(13-8-6-5-7-12(11)13)25-15(19(20,21)22)23-24-17(25)28-18(2,3)16(26)27/h5-10H,4H2,1-3H3,(H,26,27). The zero-order valence-corrected chi connectivity index (χ0v) is 16.2. The number of aliphatic carboxylic acids is 1. The summed E-state index contributed by atoms with van der Waals surface area (Å²) in [5.41, 5.74) is 1.26. The van der Waals surface area contributed by atoms with Crippen molar-refractivity contribution in [1.29, 1.82) is 0 Å². The molecular formula is C19H18F3N3O2S. The molecule has 5 nitrogen and oxygen atoms in total. The quantitative estimate of drug-likeness (QED) is 0.604. The van der Waals surface area contributed by atoms with E-state index in [0.717, 1.165) is 33.7 Å². The van der Waals surface area contributed by atoms with Crippen molar-refractivity contribution in [2.75, 3.05) is 0 Å². The summed E-state index contributed by atoms with van der Waals surface area (Å²) in [6, 6.07) is 10.5. The molecule has 0 unspecified atom stereocenters. The van der Waals surface area contributed by atoms with E-state index in [1.54, 1.807) is 24.3 Å². The van der Waals surface area contributed by atoms with E-state index in [4.69, 9.17) is 0 Å². The Morgan fingerprint density at radius 3 is 2.32 bits per heavy atom. The van der Waals surface area contributed by atoms with Crippen molar-refractivity contribution in [3.05, 3.63) is 47.8 Å². The van der Waals surface area contributed by atoms with E-state index in [0.29, 0.717) is 5.39 Å². The maximum atomic E-state index is 13.6. The molecule has 2 aromatic carbocycles. The summed E-state index contributed by atoms with van der Waals surface area (Å²) in [5, 5.41) is 17.7. The van der Waals surface area contributed by atoms with Gasteiger partial charge in [-0.3, -0.25) is 9.36 Å². The minimum absolute atomic E-state index is 0.130. The predicted molar refractivity (Wildman–Crippen MR) is 101 cm³/mol. The van der Waals surface area contributed by atoms with Crippen LogP contribution in [0, 0.1) is 0 Å². The zero-order chi connectivity index (χ0) is 20.7. The molecule has 0 aliphatic heterocycles. The summed E-state index contributed by atoms with van der Waals surface area (Å²) in [5.74, 6) is -2.35. The molecule has 0 aliphatic rings. The summed E-state index contributed by atoms with van der Waals surface area (Å²) >= 11 is 0.721. The Balaban J connectivity index is 2.31. The van der Waals surface area contributed by atoms with Crippen LogP contribution in [-0.4, -0.2) is 30.6 Å². The van der Waals surface area contributed by atoms with Crippen molar-refractivity contribution < 1.29 is 23.1 Å². The zero-order valence-electron chi connectivity index (χ0n) is 15.4. The summed E-state index contributed by atoms with van der Waals surface area (Å²) in [6.07, 6.45) is -4.02. The number of benzene rings is 2. The number of halogens is 3. The summed E-state index contributed by atoms with van der Waals surface area (Å²) in [6.45, 7) is 4.78. The monoisotopic (exact) mass is 409 g/mol. The van der Waals surface area contributed by atoms with Gasteiger partial charge < -0.3 is 5.11 Å². The number of hydrogen-bond acceptors (Lipinski definition) is 4. The SMILES string of the molecule is CCc1ccc(-n2c(SC(C)(C)C(=O)O)nnc2C(F)(F)F)c2ccccc12. The third kappa shape index (κ3) is 3.58. The molecule has 0 saturated heterocycles. The summed E-state index contributed by atoms with van der Waals surface area (Å²) in [4.78, 5) is 11.5. The van der Waals surface area contributed by atoms with E-state index in [1.807, 2.05) is 19.1 Å². The van der Waals surface area contributed by atoms with Crippen LogP contribution in [0.25, 0.3) is 16.5 Å². The number of rotatable bonds is 5. The minimum Gasteiger partial charge on any atom is -0.480 e. The summed E-state index contributed by atoms with van der Waals surface area (Å²) < 4.78 is 40.4. The van der Waals surface area contributed by atoms with E-state index in [1.165, 1.54) is 13.8 Å². The van der Waals surface area contributed by atoms with Gasteiger partial charge in [0.05, 0.1) is 5.69 Å². The Bertz CT molecular complexity index is 1040. The second kappa shape index (κ2) is 7.12.